The fraction of sp³-hybridized carbons (Fsp3) is 0.167. The number of halogens is 2. The highest BCUT2D eigenvalue weighted by Gasteiger charge is 2.16. The summed E-state index contributed by atoms with van der Waals surface area (Å²) in [5, 5.41) is 6.15. The predicted octanol–water partition coefficient (Wildman–Crippen LogP) is 6.38. The quantitative estimate of drug-likeness (QED) is 0.348. The lowest BCUT2D eigenvalue weighted by molar-refractivity contribution is -0.115. The minimum absolute atomic E-state index is 0.185. The zero-order valence-electron chi connectivity index (χ0n) is 18.1. The summed E-state index contributed by atoms with van der Waals surface area (Å²) in [6.07, 6.45) is 0. The molecule has 0 radical (unpaired) electrons. The van der Waals surface area contributed by atoms with Gasteiger partial charge >= 0.3 is 0 Å². The first-order chi connectivity index (χ1) is 15.8. The Hall–Kier alpha value is -2.87. The Bertz CT molecular complexity index is 1160. The Labute approximate surface area is 206 Å². The van der Waals surface area contributed by atoms with E-state index in [1.165, 1.54) is 26.0 Å². The third-order valence-corrected chi connectivity index (χ3v) is 6.29. The third-order valence-electron chi connectivity index (χ3n) is 4.63. The maximum atomic E-state index is 12.6. The molecule has 0 aliphatic carbocycles. The zero-order valence-corrected chi connectivity index (χ0v) is 20.5. The van der Waals surface area contributed by atoms with E-state index in [2.05, 4.69) is 10.6 Å². The molecule has 0 spiro atoms. The number of carbonyl (C=O) groups is 2. The summed E-state index contributed by atoms with van der Waals surface area (Å²) in [6, 6.07) is 17.1. The second-order valence-corrected chi connectivity index (χ2v) is 9.18. The van der Waals surface area contributed by atoms with E-state index < -0.39 is 0 Å². The average molecular weight is 505 g/mol. The van der Waals surface area contributed by atoms with Crippen molar-refractivity contribution in [3.8, 4) is 11.5 Å². The summed E-state index contributed by atoms with van der Waals surface area (Å²) >= 11 is 13.4. The van der Waals surface area contributed by atoms with Gasteiger partial charge in [-0.05, 0) is 67.6 Å². The van der Waals surface area contributed by atoms with Crippen molar-refractivity contribution in [3.05, 3.63) is 76.3 Å². The van der Waals surface area contributed by atoms with Gasteiger partial charge in [0.25, 0.3) is 5.91 Å². The largest absolute Gasteiger partial charge is 0.493 e. The van der Waals surface area contributed by atoms with Gasteiger partial charge < -0.3 is 20.1 Å². The van der Waals surface area contributed by atoms with Crippen LogP contribution in [0.15, 0.2) is 65.6 Å². The van der Waals surface area contributed by atoms with Gasteiger partial charge in [-0.15, -0.1) is 11.8 Å². The van der Waals surface area contributed by atoms with Crippen LogP contribution in [0.4, 0.5) is 11.4 Å². The van der Waals surface area contributed by atoms with Crippen molar-refractivity contribution in [1.82, 2.24) is 0 Å². The molecule has 2 amide bonds. The molecule has 0 saturated heterocycles. The number of ether oxygens (including phenoxy) is 2. The van der Waals surface area contributed by atoms with Crippen LogP contribution in [-0.2, 0) is 4.79 Å². The zero-order chi connectivity index (χ0) is 24.0. The van der Waals surface area contributed by atoms with Crippen LogP contribution in [0.1, 0.15) is 17.3 Å². The molecule has 0 aliphatic rings. The molecule has 0 bridgehead atoms. The predicted molar refractivity (Wildman–Crippen MR) is 134 cm³/mol. The van der Waals surface area contributed by atoms with Crippen LogP contribution in [0.25, 0.3) is 0 Å². The molecule has 2 N–H and O–H groups in total. The molecule has 33 heavy (non-hydrogen) atoms. The molecular formula is C24H22Cl2N2O4S. The first kappa shape index (κ1) is 24.8. The van der Waals surface area contributed by atoms with Crippen molar-refractivity contribution >= 4 is 58.2 Å². The van der Waals surface area contributed by atoms with Gasteiger partial charge in [0.2, 0.25) is 5.91 Å². The molecule has 3 rings (SSSR count). The molecule has 0 aliphatic heterocycles. The van der Waals surface area contributed by atoms with Gasteiger partial charge in [-0.1, -0.05) is 23.2 Å². The number of methoxy groups -OCH3 is 2. The molecule has 0 saturated carbocycles. The number of hydrogen-bond acceptors (Lipinski definition) is 5. The topological polar surface area (TPSA) is 76.7 Å². The second kappa shape index (κ2) is 11.3. The van der Waals surface area contributed by atoms with E-state index in [0.717, 1.165) is 4.90 Å². The molecule has 6 nitrogen and oxygen atoms in total. The van der Waals surface area contributed by atoms with Gasteiger partial charge in [0.1, 0.15) is 0 Å². The highest BCUT2D eigenvalue weighted by molar-refractivity contribution is 8.00. The summed E-state index contributed by atoms with van der Waals surface area (Å²) in [7, 11) is 3.05. The van der Waals surface area contributed by atoms with Crippen molar-refractivity contribution < 1.29 is 19.1 Å². The average Bonchev–Trinajstić information content (AvgIpc) is 2.81. The Morgan fingerprint density at radius 1 is 0.879 bits per heavy atom. The first-order valence-corrected chi connectivity index (χ1v) is 11.5. The lowest BCUT2D eigenvalue weighted by Crippen LogP contribution is -2.22. The number of rotatable bonds is 8. The van der Waals surface area contributed by atoms with Crippen molar-refractivity contribution in [2.24, 2.45) is 0 Å². The first-order valence-electron chi connectivity index (χ1n) is 9.86. The van der Waals surface area contributed by atoms with Crippen LogP contribution >= 0.6 is 35.0 Å². The SMILES string of the molecule is COc1ccc(C(=O)Nc2ccc(SC(C)C(=O)Nc3ccc(Cl)cc3Cl)cc2)cc1OC. The second-order valence-electron chi connectivity index (χ2n) is 6.92. The third kappa shape index (κ3) is 6.57. The minimum Gasteiger partial charge on any atom is -0.493 e. The van der Waals surface area contributed by atoms with E-state index in [4.69, 9.17) is 32.7 Å². The van der Waals surface area contributed by atoms with Crippen molar-refractivity contribution in [2.45, 2.75) is 17.1 Å². The molecule has 0 fully saturated rings. The molecule has 1 unspecified atom stereocenters. The fourth-order valence-corrected chi connectivity index (χ4v) is 4.20. The van der Waals surface area contributed by atoms with Gasteiger partial charge in [-0.2, -0.15) is 0 Å². The fourth-order valence-electron chi connectivity index (χ4n) is 2.88. The molecule has 3 aromatic carbocycles. The normalized spacial score (nSPS) is 11.4. The number of benzene rings is 3. The van der Waals surface area contributed by atoms with Crippen LogP contribution < -0.4 is 20.1 Å². The number of hydrogen-bond donors (Lipinski definition) is 2. The van der Waals surface area contributed by atoms with Gasteiger partial charge in [0, 0.05) is 21.2 Å². The molecule has 3 aromatic rings. The number of thioether (sulfide) groups is 1. The van der Waals surface area contributed by atoms with Gasteiger partial charge in [-0.3, -0.25) is 9.59 Å². The van der Waals surface area contributed by atoms with E-state index >= 15 is 0 Å². The van der Waals surface area contributed by atoms with E-state index in [9.17, 15) is 9.59 Å². The van der Waals surface area contributed by atoms with Crippen LogP contribution in [0.2, 0.25) is 10.0 Å². The summed E-state index contributed by atoms with van der Waals surface area (Å²) in [4.78, 5) is 26.0. The number of nitrogens with one attached hydrogen (secondary N) is 2. The molecule has 9 heteroatoms. The Morgan fingerprint density at radius 3 is 2.21 bits per heavy atom. The van der Waals surface area contributed by atoms with Crippen LogP contribution in [0.3, 0.4) is 0 Å². The Balaban J connectivity index is 1.59. The van der Waals surface area contributed by atoms with E-state index in [-0.39, 0.29) is 17.1 Å². The molecule has 0 heterocycles. The molecule has 0 aromatic heterocycles. The lowest BCUT2D eigenvalue weighted by atomic mass is 10.2. The van der Waals surface area contributed by atoms with Crippen molar-refractivity contribution in [1.29, 1.82) is 0 Å². The molecule has 1 atom stereocenters. The standard InChI is InChI=1S/C24H22Cl2N2O4S/c1-14(23(29)28-20-10-5-16(25)13-19(20)26)33-18-8-6-17(7-9-18)27-24(30)15-4-11-21(31-2)22(12-15)32-3/h4-14H,1-3H3,(H,27,30)(H,28,29). The molecular weight excluding hydrogens is 483 g/mol. The van der Waals surface area contributed by atoms with Gasteiger partial charge in [0.15, 0.2) is 11.5 Å². The lowest BCUT2D eigenvalue weighted by Gasteiger charge is -2.14. The van der Waals surface area contributed by atoms with Crippen LogP contribution in [0.5, 0.6) is 11.5 Å². The smallest absolute Gasteiger partial charge is 0.255 e. The monoisotopic (exact) mass is 504 g/mol. The number of carbonyl (C=O) groups excluding carboxylic acids is 2. The summed E-state index contributed by atoms with van der Waals surface area (Å²) in [6.45, 7) is 1.80. The van der Waals surface area contributed by atoms with Gasteiger partial charge in [-0.25, -0.2) is 0 Å². The number of amides is 2. The maximum Gasteiger partial charge on any atom is 0.255 e. The van der Waals surface area contributed by atoms with Gasteiger partial charge in [0.05, 0.1) is 30.2 Å². The summed E-state index contributed by atoms with van der Waals surface area (Å²) in [5.74, 6) is 0.565. The highest BCUT2D eigenvalue weighted by Crippen LogP contribution is 2.30. The maximum absolute atomic E-state index is 12.6. The van der Waals surface area contributed by atoms with Crippen molar-refractivity contribution in [2.75, 3.05) is 24.9 Å². The Kier molecular flexibility index (Phi) is 8.49. The minimum atomic E-state index is -0.371. The molecule has 172 valence electrons. The summed E-state index contributed by atoms with van der Waals surface area (Å²) in [5.41, 5.74) is 1.58. The van der Waals surface area contributed by atoms with Crippen LogP contribution in [0, 0.1) is 0 Å². The van der Waals surface area contributed by atoms with E-state index in [1.54, 1.807) is 55.5 Å². The van der Waals surface area contributed by atoms with Crippen LogP contribution in [-0.4, -0.2) is 31.3 Å². The van der Waals surface area contributed by atoms with E-state index in [0.29, 0.717) is 38.5 Å². The highest BCUT2D eigenvalue weighted by atomic mass is 35.5. The Morgan fingerprint density at radius 2 is 1.58 bits per heavy atom. The number of anilines is 2. The van der Waals surface area contributed by atoms with E-state index in [1.807, 2.05) is 12.1 Å². The van der Waals surface area contributed by atoms with Crippen molar-refractivity contribution in [3.63, 3.8) is 0 Å². The summed E-state index contributed by atoms with van der Waals surface area (Å²) < 4.78 is 10.4.